The fraction of sp³-hybridized carbons (Fsp3) is 0.333. The molecule has 0 N–H and O–H groups in total. The van der Waals surface area contributed by atoms with Gasteiger partial charge in [0.2, 0.25) is 0 Å². The van der Waals surface area contributed by atoms with Crippen LogP contribution in [-0.4, -0.2) is 38.4 Å². The predicted octanol–water partition coefficient (Wildman–Crippen LogP) is 0.541. The van der Waals surface area contributed by atoms with E-state index in [-0.39, 0.29) is 0 Å². The topological polar surface area (TPSA) is 74.4 Å². The lowest BCUT2D eigenvalue weighted by molar-refractivity contribution is -0.142. The maximum atomic E-state index is 11.6. The number of methoxy groups -OCH3 is 2. The molecule has 1 aromatic rings. The van der Waals surface area contributed by atoms with Gasteiger partial charge in [0.1, 0.15) is 11.5 Å². The molecule has 1 fully saturated rings. The van der Waals surface area contributed by atoms with Crippen molar-refractivity contribution in [1.82, 2.24) is 0 Å². The van der Waals surface area contributed by atoms with Crippen molar-refractivity contribution in [2.75, 3.05) is 14.2 Å². The summed E-state index contributed by atoms with van der Waals surface area (Å²) >= 11 is 0. The average molecular weight is 252 g/mol. The number of rotatable bonds is 4. The molecule has 1 aliphatic rings. The quantitative estimate of drug-likeness (QED) is 0.442. The summed E-state index contributed by atoms with van der Waals surface area (Å²) in [5.74, 6) is -0.174. The van der Waals surface area contributed by atoms with Gasteiger partial charge in [-0.1, -0.05) is 0 Å². The molecule has 0 bridgehead atoms. The molecule has 18 heavy (non-hydrogen) atoms. The highest BCUT2D eigenvalue weighted by atomic mass is 16.7. The number of hydrogen-bond acceptors (Lipinski definition) is 6. The minimum Gasteiger partial charge on any atom is -0.497 e. The van der Waals surface area contributed by atoms with Crippen molar-refractivity contribution in [3.8, 4) is 11.5 Å². The first kappa shape index (κ1) is 12.4. The van der Waals surface area contributed by atoms with Gasteiger partial charge in [0.05, 0.1) is 14.2 Å². The van der Waals surface area contributed by atoms with E-state index in [1.165, 1.54) is 7.11 Å². The summed E-state index contributed by atoms with van der Waals surface area (Å²) in [6, 6.07) is 6.50. The van der Waals surface area contributed by atoms with E-state index in [0.29, 0.717) is 11.5 Å². The third-order valence-electron chi connectivity index (χ3n) is 2.44. The molecule has 6 nitrogen and oxygen atoms in total. The predicted molar refractivity (Wildman–Crippen MR) is 59.3 cm³/mol. The number of carbonyl (C=O) groups excluding carboxylic acids is 2. The molecular weight excluding hydrogens is 240 g/mol. The molecule has 1 saturated heterocycles. The van der Waals surface area contributed by atoms with Gasteiger partial charge in [0.15, 0.2) is 12.2 Å². The first-order chi connectivity index (χ1) is 8.65. The van der Waals surface area contributed by atoms with Crippen LogP contribution in [0.5, 0.6) is 11.5 Å². The van der Waals surface area contributed by atoms with Gasteiger partial charge in [0.25, 0.3) is 0 Å². The van der Waals surface area contributed by atoms with Gasteiger partial charge in [-0.05, 0) is 24.3 Å². The molecule has 0 spiro atoms. The maximum absolute atomic E-state index is 11.6. The van der Waals surface area contributed by atoms with Gasteiger partial charge in [-0.25, -0.2) is 9.59 Å². The largest absolute Gasteiger partial charge is 0.497 e. The monoisotopic (exact) mass is 252 g/mol. The second-order valence-corrected chi connectivity index (χ2v) is 3.60. The lowest BCUT2D eigenvalue weighted by Crippen LogP contribution is -2.21. The lowest BCUT2D eigenvalue weighted by atomic mass is 10.3. The van der Waals surface area contributed by atoms with Gasteiger partial charge >= 0.3 is 11.9 Å². The van der Waals surface area contributed by atoms with Crippen LogP contribution in [0, 0.1) is 0 Å². The van der Waals surface area contributed by atoms with Crippen molar-refractivity contribution in [1.29, 1.82) is 0 Å². The van der Waals surface area contributed by atoms with Gasteiger partial charge in [-0.15, -0.1) is 0 Å². The SMILES string of the molecule is COC(=O)C1OC1C(=O)Oc1ccc(OC)cc1. The number of carbonyl (C=O) groups is 2. The molecule has 1 aliphatic heterocycles. The Morgan fingerprint density at radius 2 is 1.56 bits per heavy atom. The van der Waals surface area contributed by atoms with Crippen molar-refractivity contribution in [3.63, 3.8) is 0 Å². The van der Waals surface area contributed by atoms with Gasteiger partial charge in [-0.3, -0.25) is 0 Å². The highest BCUT2D eigenvalue weighted by molar-refractivity contribution is 5.90. The molecule has 0 amide bonds. The second kappa shape index (κ2) is 5.05. The highest BCUT2D eigenvalue weighted by Gasteiger charge is 2.52. The molecule has 2 unspecified atom stereocenters. The van der Waals surface area contributed by atoms with Crippen LogP contribution in [0.25, 0.3) is 0 Å². The standard InChI is InChI=1S/C12H12O6/c1-15-7-3-5-8(6-4-7)17-12(14)10-9(18-10)11(13)16-2/h3-6,9-10H,1-2H3. The third kappa shape index (κ3) is 2.60. The van der Waals surface area contributed by atoms with E-state index in [1.807, 2.05) is 0 Å². The van der Waals surface area contributed by atoms with Crippen LogP contribution in [0.15, 0.2) is 24.3 Å². The normalized spacial score (nSPS) is 21.0. The number of ether oxygens (including phenoxy) is 4. The van der Waals surface area contributed by atoms with Crippen molar-refractivity contribution < 1.29 is 28.5 Å². The number of hydrogen-bond donors (Lipinski definition) is 0. The smallest absolute Gasteiger partial charge is 0.344 e. The zero-order valence-electron chi connectivity index (χ0n) is 9.91. The molecule has 96 valence electrons. The Morgan fingerprint density at radius 1 is 1.00 bits per heavy atom. The summed E-state index contributed by atoms with van der Waals surface area (Å²) in [7, 11) is 2.77. The Hall–Kier alpha value is -2.08. The van der Waals surface area contributed by atoms with Gasteiger partial charge < -0.3 is 18.9 Å². The molecule has 6 heteroatoms. The summed E-state index contributed by atoms with van der Waals surface area (Å²) in [6.45, 7) is 0. The van der Waals surface area contributed by atoms with E-state index in [1.54, 1.807) is 31.4 Å². The summed E-state index contributed by atoms with van der Waals surface area (Å²) < 4.78 is 19.3. The Morgan fingerprint density at radius 3 is 2.11 bits per heavy atom. The van der Waals surface area contributed by atoms with Crippen LogP contribution in [-0.2, 0) is 19.1 Å². The van der Waals surface area contributed by atoms with E-state index in [9.17, 15) is 9.59 Å². The molecule has 2 atom stereocenters. The number of esters is 2. The Balaban J connectivity index is 1.90. The molecule has 0 radical (unpaired) electrons. The first-order valence-corrected chi connectivity index (χ1v) is 5.24. The van der Waals surface area contributed by atoms with E-state index in [2.05, 4.69) is 4.74 Å². The van der Waals surface area contributed by atoms with E-state index in [0.717, 1.165) is 0 Å². The van der Waals surface area contributed by atoms with Crippen molar-refractivity contribution in [2.24, 2.45) is 0 Å². The maximum Gasteiger partial charge on any atom is 0.344 e. The molecule has 2 rings (SSSR count). The van der Waals surface area contributed by atoms with E-state index in [4.69, 9.17) is 14.2 Å². The van der Waals surface area contributed by atoms with Crippen LogP contribution in [0.4, 0.5) is 0 Å². The van der Waals surface area contributed by atoms with Crippen molar-refractivity contribution in [3.05, 3.63) is 24.3 Å². The molecule has 1 heterocycles. The second-order valence-electron chi connectivity index (χ2n) is 3.60. The lowest BCUT2D eigenvalue weighted by Gasteiger charge is -2.03. The number of benzene rings is 1. The zero-order chi connectivity index (χ0) is 13.1. The first-order valence-electron chi connectivity index (χ1n) is 5.24. The summed E-state index contributed by atoms with van der Waals surface area (Å²) in [6.07, 6.45) is -1.72. The van der Waals surface area contributed by atoms with Crippen molar-refractivity contribution in [2.45, 2.75) is 12.2 Å². The minimum atomic E-state index is -0.875. The Labute approximate surface area is 103 Å². The van der Waals surface area contributed by atoms with Gasteiger partial charge in [0, 0.05) is 0 Å². The molecule has 0 aromatic heterocycles. The summed E-state index contributed by atoms with van der Waals surface area (Å²) in [5.41, 5.74) is 0. The fourth-order valence-corrected chi connectivity index (χ4v) is 1.41. The van der Waals surface area contributed by atoms with Crippen LogP contribution in [0.3, 0.4) is 0 Å². The highest BCUT2D eigenvalue weighted by Crippen LogP contribution is 2.26. The molecule has 0 aliphatic carbocycles. The fourth-order valence-electron chi connectivity index (χ4n) is 1.41. The van der Waals surface area contributed by atoms with Crippen LogP contribution in [0.1, 0.15) is 0 Å². The van der Waals surface area contributed by atoms with Crippen LogP contribution in [0.2, 0.25) is 0 Å². The minimum absolute atomic E-state index is 0.361. The summed E-state index contributed by atoms with van der Waals surface area (Å²) in [5, 5.41) is 0. The molecule has 0 saturated carbocycles. The average Bonchev–Trinajstić information content (AvgIpc) is 3.19. The molecule has 1 aromatic carbocycles. The summed E-state index contributed by atoms with van der Waals surface area (Å²) in [4.78, 5) is 22.6. The zero-order valence-corrected chi connectivity index (χ0v) is 9.91. The number of epoxide rings is 1. The van der Waals surface area contributed by atoms with Crippen LogP contribution >= 0.6 is 0 Å². The van der Waals surface area contributed by atoms with E-state index >= 15 is 0 Å². The Kier molecular flexibility index (Phi) is 3.47. The Bertz CT molecular complexity index is 452. The van der Waals surface area contributed by atoms with Crippen molar-refractivity contribution >= 4 is 11.9 Å². The third-order valence-corrected chi connectivity index (χ3v) is 2.44. The van der Waals surface area contributed by atoms with E-state index < -0.39 is 24.1 Å². The van der Waals surface area contributed by atoms with Crippen LogP contribution < -0.4 is 9.47 Å². The van der Waals surface area contributed by atoms with Gasteiger partial charge in [-0.2, -0.15) is 0 Å². The molecular formula is C12H12O6.